The molecule has 0 aromatic rings. The fraction of sp³-hybridized carbons (Fsp3) is 0.818. The van der Waals surface area contributed by atoms with Crippen molar-refractivity contribution in [3.05, 3.63) is 0 Å². The lowest BCUT2D eigenvalue weighted by Crippen LogP contribution is -2.57. The van der Waals surface area contributed by atoms with Crippen LogP contribution in [0, 0.1) is 5.41 Å². The van der Waals surface area contributed by atoms with Crippen molar-refractivity contribution < 1.29 is 4.79 Å². The highest BCUT2D eigenvalue weighted by Gasteiger charge is 2.47. The van der Waals surface area contributed by atoms with Crippen LogP contribution in [0.1, 0.15) is 46.5 Å². The Balaban J connectivity index is 2.71. The van der Waals surface area contributed by atoms with Crippen molar-refractivity contribution in [2.75, 3.05) is 0 Å². The number of rotatable bonds is 4. The number of amides is 1. The first kappa shape index (κ1) is 12.4. The molecule has 0 radical (unpaired) electrons. The Morgan fingerprint density at radius 2 is 2.07 bits per heavy atom. The number of nitrogens with two attached hydrogens (primary N) is 1. The molecule has 0 heterocycles. The summed E-state index contributed by atoms with van der Waals surface area (Å²) in [6.45, 7) is 6.07. The maximum atomic E-state index is 12.1. The van der Waals surface area contributed by atoms with Crippen LogP contribution < -0.4 is 11.1 Å². The summed E-state index contributed by atoms with van der Waals surface area (Å²) >= 11 is 5.00. The van der Waals surface area contributed by atoms with Crippen LogP contribution in [0.5, 0.6) is 0 Å². The first-order valence-corrected chi connectivity index (χ1v) is 5.87. The topological polar surface area (TPSA) is 55.1 Å². The van der Waals surface area contributed by atoms with E-state index in [4.69, 9.17) is 18.0 Å². The van der Waals surface area contributed by atoms with Gasteiger partial charge >= 0.3 is 0 Å². The van der Waals surface area contributed by atoms with Gasteiger partial charge in [0.15, 0.2) is 0 Å². The van der Waals surface area contributed by atoms with E-state index in [1.54, 1.807) is 0 Å². The SMILES string of the molecule is CCC(C)(C)NC(=O)C1(C(N)=S)CCC1. The van der Waals surface area contributed by atoms with Crippen LogP contribution in [-0.2, 0) is 4.79 Å². The van der Waals surface area contributed by atoms with Crippen molar-refractivity contribution in [2.45, 2.75) is 52.0 Å². The highest BCUT2D eigenvalue weighted by molar-refractivity contribution is 7.80. The van der Waals surface area contributed by atoms with E-state index in [1.807, 2.05) is 13.8 Å². The summed E-state index contributed by atoms with van der Waals surface area (Å²) in [6.07, 6.45) is 3.53. The number of carbonyl (C=O) groups is 1. The second kappa shape index (κ2) is 4.08. The Morgan fingerprint density at radius 3 is 2.33 bits per heavy atom. The van der Waals surface area contributed by atoms with Crippen molar-refractivity contribution in [3.8, 4) is 0 Å². The van der Waals surface area contributed by atoms with Crippen LogP contribution in [0.3, 0.4) is 0 Å². The molecule has 0 bridgehead atoms. The summed E-state index contributed by atoms with van der Waals surface area (Å²) in [6, 6.07) is 0. The second-order valence-corrected chi connectivity index (χ2v) is 5.43. The van der Waals surface area contributed by atoms with Gasteiger partial charge in [-0.05, 0) is 33.1 Å². The zero-order chi connectivity index (χ0) is 11.7. The Morgan fingerprint density at radius 1 is 1.53 bits per heavy atom. The Kier molecular flexibility index (Phi) is 3.38. The van der Waals surface area contributed by atoms with Crippen molar-refractivity contribution in [2.24, 2.45) is 11.1 Å². The Hall–Kier alpha value is -0.640. The fourth-order valence-electron chi connectivity index (χ4n) is 1.63. The molecule has 0 aliphatic heterocycles. The van der Waals surface area contributed by atoms with Gasteiger partial charge in [-0.2, -0.15) is 0 Å². The molecule has 1 amide bonds. The van der Waals surface area contributed by atoms with E-state index in [9.17, 15) is 4.79 Å². The Bertz CT molecular complexity index is 282. The number of hydrogen-bond donors (Lipinski definition) is 2. The molecule has 4 heteroatoms. The van der Waals surface area contributed by atoms with Crippen molar-refractivity contribution in [1.29, 1.82) is 0 Å². The monoisotopic (exact) mass is 228 g/mol. The predicted octanol–water partition coefficient (Wildman–Crippen LogP) is 1.75. The van der Waals surface area contributed by atoms with E-state index in [0.717, 1.165) is 25.7 Å². The molecule has 1 aliphatic carbocycles. The van der Waals surface area contributed by atoms with Gasteiger partial charge < -0.3 is 11.1 Å². The van der Waals surface area contributed by atoms with Gasteiger partial charge in [-0.15, -0.1) is 0 Å². The summed E-state index contributed by atoms with van der Waals surface area (Å²) in [4.78, 5) is 12.4. The summed E-state index contributed by atoms with van der Waals surface area (Å²) in [5.41, 5.74) is 4.93. The molecule has 86 valence electrons. The molecule has 1 rings (SSSR count). The minimum Gasteiger partial charge on any atom is -0.392 e. The molecule has 0 aromatic heterocycles. The molecular formula is C11H20N2OS. The summed E-state index contributed by atoms with van der Waals surface area (Å²) in [5.74, 6) is 0.00750. The molecule has 1 saturated carbocycles. The van der Waals surface area contributed by atoms with Crippen molar-refractivity contribution >= 4 is 23.1 Å². The van der Waals surface area contributed by atoms with Crippen LogP contribution in [0.15, 0.2) is 0 Å². The van der Waals surface area contributed by atoms with Gasteiger partial charge in [0.1, 0.15) is 0 Å². The lowest BCUT2D eigenvalue weighted by atomic mass is 9.67. The molecule has 3 N–H and O–H groups in total. The average Bonchev–Trinajstić information content (AvgIpc) is 2.00. The first-order valence-electron chi connectivity index (χ1n) is 5.46. The smallest absolute Gasteiger partial charge is 0.233 e. The highest BCUT2D eigenvalue weighted by atomic mass is 32.1. The van der Waals surface area contributed by atoms with E-state index in [2.05, 4.69) is 12.2 Å². The van der Waals surface area contributed by atoms with Gasteiger partial charge in [-0.3, -0.25) is 4.79 Å². The molecule has 0 saturated heterocycles. The Labute approximate surface area is 96.8 Å². The number of hydrogen-bond acceptors (Lipinski definition) is 2. The average molecular weight is 228 g/mol. The predicted molar refractivity (Wildman–Crippen MR) is 65.6 cm³/mol. The fourth-order valence-corrected chi connectivity index (χ4v) is 1.93. The zero-order valence-electron chi connectivity index (χ0n) is 9.72. The normalized spacial score (nSPS) is 19.1. The molecule has 15 heavy (non-hydrogen) atoms. The van der Waals surface area contributed by atoms with Gasteiger partial charge in [0, 0.05) is 5.54 Å². The lowest BCUT2D eigenvalue weighted by Gasteiger charge is -2.41. The summed E-state index contributed by atoms with van der Waals surface area (Å²) in [7, 11) is 0. The lowest BCUT2D eigenvalue weighted by molar-refractivity contribution is -0.132. The number of thiocarbonyl (C=S) groups is 1. The van der Waals surface area contributed by atoms with E-state index >= 15 is 0 Å². The zero-order valence-corrected chi connectivity index (χ0v) is 10.5. The molecule has 0 spiro atoms. The molecule has 0 aromatic carbocycles. The third-order valence-electron chi connectivity index (χ3n) is 3.45. The second-order valence-electron chi connectivity index (χ2n) is 4.99. The van der Waals surface area contributed by atoms with Gasteiger partial charge in [-0.1, -0.05) is 25.6 Å². The van der Waals surface area contributed by atoms with Gasteiger partial charge in [-0.25, -0.2) is 0 Å². The molecule has 0 atom stereocenters. The highest BCUT2D eigenvalue weighted by Crippen LogP contribution is 2.41. The molecule has 3 nitrogen and oxygen atoms in total. The molecular weight excluding hydrogens is 208 g/mol. The van der Waals surface area contributed by atoms with Crippen LogP contribution in [0.25, 0.3) is 0 Å². The maximum Gasteiger partial charge on any atom is 0.233 e. The van der Waals surface area contributed by atoms with E-state index < -0.39 is 5.41 Å². The standard InChI is InChI=1S/C11H20N2OS/c1-4-10(2,3)13-9(14)11(8(12)15)6-5-7-11/h4-7H2,1-3H3,(H2,12,15)(H,13,14). The minimum atomic E-state index is -0.554. The van der Waals surface area contributed by atoms with Crippen molar-refractivity contribution in [1.82, 2.24) is 5.32 Å². The van der Waals surface area contributed by atoms with E-state index in [0.29, 0.717) is 4.99 Å². The quantitative estimate of drug-likeness (QED) is 0.721. The summed E-state index contributed by atoms with van der Waals surface area (Å²) < 4.78 is 0. The van der Waals surface area contributed by atoms with Gasteiger partial charge in [0.2, 0.25) is 5.91 Å². The van der Waals surface area contributed by atoms with Crippen LogP contribution in [0.2, 0.25) is 0 Å². The van der Waals surface area contributed by atoms with Crippen LogP contribution >= 0.6 is 12.2 Å². The minimum absolute atomic E-state index is 0.00750. The summed E-state index contributed by atoms with van der Waals surface area (Å²) in [5, 5.41) is 3.02. The molecule has 0 unspecified atom stereocenters. The van der Waals surface area contributed by atoms with E-state index in [-0.39, 0.29) is 11.4 Å². The molecule has 1 fully saturated rings. The first-order chi connectivity index (χ1) is 6.84. The van der Waals surface area contributed by atoms with Crippen LogP contribution in [-0.4, -0.2) is 16.4 Å². The van der Waals surface area contributed by atoms with Crippen molar-refractivity contribution in [3.63, 3.8) is 0 Å². The van der Waals surface area contributed by atoms with E-state index in [1.165, 1.54) is 0 Å². The largest absolute Gasteiger partial charge is 0.392 e. The van der Waals surface area contributed by atoms with Gasteiger partial charge in [0.25, 0.3) is 0 Å². The maximum absolute atomic E-state index is 12.1. The van der Waals surface area contributed by atoms with Crippen LogP contribution in [0.4, 0.5) is 0 Å². The number of carbonyl (C=O) groups excluding carboxylic acids is 1. The molecule has 1 aliphatic rings. The third kappa shape index (κ3) is 2.30. The van der Waals surface area contributed by atoms with Gasteiger partial charge in [0.05, 0.1) is 10.4 Å². The number of nitrogens with one attached hydrogen (secondary N) is 1. The third-order valence-corrected chi connectivity index (χ3v) is 3.84.